The molecule has 0 saturated heterocycles. The molecule has 0 bridgehead atoms. The monoisotopic (exact) mass is 740 g/mol. The van der Waals surface area contributed by atoms with Crippen LogP contribution in [0.25, 0.3) is 16.5 Å². The van der Waals surface area contributed by atoms with Crippen molar-refractivity contribution in [2.45, 2.75) is 21.6 Å². The van der Waals surface area contributed by atoms with Gasteiger partial charge in [0, 0.05) is 10.8 Å². The second kappa shape index (κ2) is 12.0. The van der Waals surface area contributed by atoms with Crippen molar-refractivity contribution in [1.82, 2.24) is 9.78 Å². The lowest BCUT2D eigenvalue weighted by molar-refractivity contribution is 0.479. The van der Waals surface area contributed by atoms with Gasteiger partial charge in [0.15, 0.2) is 10.9 Å². The smallest absolute Gasteiger partial charge is 0.296 e. The van der Waals surface area contributed by atoms with Crippen LogP contribution < -0.4 is 32.4 Å². The Balaban J connectivity index is 1.64. The van der Waals surface area contributed by atoms with E-state index in [1.54, 1.807) is 30.3 Å². The molecule has 0 saturated carbocycles. The Morgan fingerprint density at radius 2 is 1.28 bits per heavy atom. The van der Waals surface area contributed by atoms with Crippen molar-refractivity contribution in [3.8, 4) is 5.69 Å². The van der Waals surface area contributed by atoms with Crippen molar-refractivity contribution in [2.75, 3.05) is 10.9 Å². The van der Waals surface area contributed by atoms with Crippen LogP contribution in [-0.4, -0.2) is 48.7 Å². The number of aromatic nitrogens is 2. The maximum atomic E-state index is 13.7. The molecular weight excluding hydrogens is 717 g/mol. The lowest BCUT2D eigenvalue weighted by Crippen LogP contribution is -2.32. The van der Waals surface area contributed by atoms with E-state index in [0.717, 1.165) is 0 Å². The largest absolute Gasteiger partial charge is 0.299 e. The minimum absolute atomic E-state index is 0.00868. The van der Waals surface area contributed by atoms with E-state index in [4.69, 9.17) is 6.78 Å². The van der Waals surface area contributed by atoms with Crippen LogP contribution in [0.3, 0.4) is 0 Å². The Morgan fingerprint density at radius 1 is 0.740 bits per heavy atom. The molecule has 4 aromatic rings. The molecule has 1 heterocycles. The summed E-state index contributed by atoms with van der Waals surface area (Å²) in [6.45, 7) is 1.50. The highest BCUT2D eigenvalue weighted by molar-refractivity contribution is 7.86. The molecule has 2 aliphatic carbocycles. The van der Waals surface area contributed by atoms with Crippen LogP contribution in [0.1, 0.15) is 7.06 Å². The highest BCUT2D eigenvalue weighted by Gasteiger charge is 2.26. The third kappa shape index (κ3) is 6.17. The minimum atomic E-state index is -5.36. The first-order valence-corrected chi connectivity index (χ1v) is 18.2. The maximum absolute atomic E-state index is 13.7. The Hall–Kier alpha value is -5.64. The van der Waals surface area contributed by atoms with Crippen LogP contribution in [0.5, 0.6) is 0 Å². The fourth-order valence-corrected chi connectivity index (χ4v) is 7.08. The number of aryl methyl sites for hydroxylation is 1. The Bertz CT molecular complexity index is 3090. The fraction of sp³-hybridized carbons (Fsp3) is 0.0333. The lowest BCUT2D eigenvalue weighted by atomic mass is 10.0. The number of nitrogens with zero attached hydrogens (tertiary/aromatic N) is 3. The van der Waals surface area contributed by atoms with Crippen LogP contribution in [0.4, 0.5) is 17.1 Å². The van der Waals surface area contributed by atoms with E-state index in [2.05, 4.69) is 20.9 Å². The topological polar surface area (TPSA) is 275 Å². The van der Waals surface area contributed by atoms with E-state index in [-0.39, 0.29) is 28.3 Å². The molecular formula is C30H22N6O11S3. The Labute approximate surface area is 282 Å². The zero-order chi connectivity index (χ0) is 37.2. The van der Waals surface area contributed by atoms with Gasteiger partial charge in [-0.2, -0.15) is 30.4 Å². The molecule has 1 aromatic heterocycles. The highest BCUT2D eigenvalue weighted by Crippen LogP contribution is 2.34. The zero-order valence-corrected chi connectivity index (χ0v) is 27.6. The van der Waals surface area contributed by atoms with Crippen molar-refractivity contribution in [3.63, 3.8) is 0 Å². The molecule has 0 spiro atoms. The van der Waals surface area contributed by atoms with Gasteiger partial charge in [0.1, 0.15) is 14.7 Å². The molecule has 6 rings (SSSR count). The molecule has 50 heavy (non-hydrogen) atoms. The molecule has 0 amide bonds. The summed E-state index contributed by atoms with van der Waals surface area (Å²) in [5.41, 5.74) is 1.99. The van der Waals surface area contributed by atoms with Gasteiger partial charge in [-0.25, -0.2) is 9.67 Å². The standard InChI is InChI=1S/C30H22N6O11S3/c1-15-22(14-36(35-15)16-7-3-2-4-8-16)34-33-20-12-23(48(39,40)41)19(11-24(20)49(42,43)44)32-21-13-25(50(45,46)47)28(31)27-26(21)29(37)17-9-5-6-10-18(17)30(27)38/h2-14,31,33-34H,1H3,(H,39,40,41)(H,42,43,44)(H,45,46,47)/i14T. The van der Waals surface area contributed by atoms with Crippen molar-refractivity contribution in [1.29, 1.82) is 5.41 Å². The van der Waals surface area contributed by atoms with Crippen LogP contribution in [-0.2, 0) is 30.4 Å². The van der Waals surface area contributed by atoms with Crippen LogP contribution in [0.15, 0.2) is 108 Å². The van der Waals surface area contributed by atoms with Gasteiger partial charge in [-0.15, -0.1) is 0 Å². The molecule has 2 aliphatic rings. The van der Waals surface area contributed by atoms with E-state index >= 15 is 0 Å². The predicted octanol–water partition coefficient (Wildman–Crippen LogP) is 1.55. The molecule has 6 N–H and O–H groups in total. The molecule has 256 valence electrons. The van der Waals surface area contributed by atoms with Crippen LogP contribution in [0.2, 0.25) is 0 Å². The summed E-state index contributed by atoms with van der Waals surface area (Å²) >= 11 is 0. The lowest BCUT2D eigenvalue weighted by Gasteiger charge is -2.14. The normalized spacial score (nSPS) is 13.1. The second-order valence-electron chi connectivity index (χ2n) is 10.6. The fourth-order valence-electron chi connectivity index (χ4n) is 5.18. The molecule has 0 radical (unpaired) electrons. The van der Waals surface area contributed by atoms with Gasteiger partial charge in [-0.05, 0) is 37.3 Å². The van der Waals surface area contributed by atoms with Gasteiger partial charge in [0.2, 0.25) is 0 Å². The zero-order valence-electron chi connectivity index (χ0n) is 26.1. The first-order chi connectivity index (χ1) is 23.8. The van der Waals surface area contributed by atoms with Crippen molar-refractivity contribution in [2.24, 2.45) is 4.99 Å². The van der Waals surface area contributed by atoms with Gasteiger partial charge in [-0.3, -0.25) is 39.5 Å². The minimum Gasteiger partial charge on any atom is -0.299 e. The summed E-state index contributed by atoms with van der Waals surface area (Å²) in [4.78, 5) is 27.7. The first kappa shape index (κ1) is 32.9. The van der Waals surface area contributed by atoms with Gasteiger partial charge in [-0.1, -0.05) is 42.5 Å². The Kier molecular flexibility index (Phi) is 7.92. The number of benzene rings is 3. The van der Waals surface area contributed by atoms with Crippen molar-refractivity contribution in [3.05, 3.63) is 126 Å². The average Bonchev–Trinajstić information content (AvgIpc) is 3.34. The number of fused-ring (bicyclic) bond motifs is 1. The number of rotatable bonds is 8. The van der Waals surface area contributed by atoms with E-state index < -0.39 is 88.4 Å². The van der Waals surface area contributed by atoms with E-state index in [1.165, 1.54) is 35.9 Å². The second-order valence-corrected chi connectivity index (χ2v) is 14.8. The van der Waals surface area contributed by atoms with Crippen molar-refractivity contribution < 1.29 is 40.3 Å². The van der Waals surface area contributed by atoms with Crippen LogP contribution in [0, 0.1) is 22.8 Å². The van der Waals surface area contributed by atoms with Crippen molar-refractivity contribution >= 4 is 58.2 Å². The van der Waals surface area contributed by atoms with Gasteiger partial charge < -0.3 is 0 Å². The SMILES string of the molecule is [3H]c1c(NNc2cc(S(=O)(=O)O)c(N=c3cc(S(=O)(=O)O)c(=N)c4c(=O)c5ccccc5c(=O)c3=4)cc2S(=O)(=O)O)c(C)nn1-c1ccccc1. The van der Waals surface area contributed by atoms with Gasteiger partial charge in [0.25, 0.3) is 30.4 Å². The third-order valence-corrected chi connectivity index (χ3v) is 10.1. The number of anilines is 2. The third-order valence-electron chi connectivity index (χ3n) is 7.43. The predicted molar refractivity (Wildman–Crippen MR) is 177 cm³/mol. The maximum Gasteiger partial charge on any atom is 0.296 e. The number of hydrazine groups is 1. The average molecular weight is 741 g/mol. The molecule has 20 heteroatoms. The molecule has 0 fully saturated rings. The van der Waals surface area contributed by atoms with E-state index in [1.807, 2.05) is 0 Å². The summed E-state index contributed by atoms with van der Waals surface area (Å²) in [5, 5.41) is 8.84. The molecule has 3 aromatic carbocycles. The quantitative estimate of drug-likeness (QED) is 0.0955. The molecule has 17 nitrogen and oxygen atoms in total. The number of nitrogens with one attached hydrogen (secondary N) is 3. The van der Waals surface area contributed by atoms with Gasteiger partial charge >= 0.3 is 0 Å². The summed E-state index contributed by atoms with van der Waals surface area (Å²) < 4.78 is 115. The van der Waals surface area contributed by atoms with E-state index in [0.29, 0.717) is 23.9 Å². The first-order valence-electron chi connectivity index (χ1n) is 14.4. The Morgan fingerprint density at radius 3 is 1.86 bits per heavy atom. The molecule has 0 aliphatic heterocycles. The summed E-state index contributed by atoms with van der Waals surface area (Å²) in [6.07, 6.45) is -0.223. The van der Waals surface area contributed by atoms with Gasteiger partial charge in [0.05, 0.1) is 57.1 Å². The highest BCUT2D eigenvalue weighted by atomic mass is 32.2. The van der Waals surface area contributed by atoms with E-state index in [9.17, 15) is 48.5 Å². The molecule has 0 atom stereocenters. The summed E-state index contributed by atoms with van der Waals surface area (Å²) in [7, 11) is -15.9. The number of hydrogen-bond donors (Lipinski definition) is 6. The summed E-state index contributed by atoms with van der Waals surface area (Å²) in [5.74, 6) is 0. The van der Waals surface area contributed by atoms with Crippen LogP contribution >= 0.6 is 0 Å². The molecule has 0 unspecified atom stereocenters. The summed E-state index contributed by atoms with van der Waals surface area (Å²) in [6, 6.07) is 15.3. The number of hydrogen-bond acceptors (Lipinski definition) is 13. The number of para-hydroxylation sites is 1.